The van der Waals surface area contributed by atoms with Gasteiger partial charge >= 0.3 is 0 Å². The Morgan fingerprint density at radius 2 is 1.11 bits per heavy atom. The maximum Gasteiger partial charge on any atom is 0.0265 e. The Kier molecular flexibility index (Phi) is 2.08. The Labute approximate surface area is 115 Å². The summed E-state index contributed by atoms with van der Waals surface area (Å²) in [7, 11) is 0. The molecule has 0 unspecified atom stereocenters. The standard InChI is InChI=1S/C19H20/c1-14-3-7-16(8-4-14)19(13-18(19)11-12-18)17-9-5-15(2)6-10-17/h3-10H,11-13H2,1-2H3. The minimum absolute atomic E-state index is 0.328. The van der Waals surface area contributed by atoms with Gasteiger partial charge < -0.3 is 0 Å². The smallest absolute Gasteiger partial charge is 0.0265 e. The zero-order chi connectivity index (χ0) is 13.1. The molecule has 0 aromatic heterocycles. The first-order valence-electron chi connectivity index (χ1n) is 7.31. The van der Waals surface area contributed by atoms with Crippen LogP contribution in [0.2, 0.25) is 0 Å². The van der Waals surface area contributed by atoms with E-state index in [0.29, 0.717) is 10.8 Å². The van der Waals surface area contributed by atoms with Crippen LogP contribution in [0, 0.1) is 19.3 Å². The molecule has 0 saturated heterocycles. The van der Waals surface area contributed by atoms with Gasteiger partial charge in [0.05, 0.1) is 0 Å². The van der Waals surface area contributed by atoms with Gasteiger partial charge in [0.15, 0.2) is 0 Å². The van der Waals surface area contributed by atoms with E-state index in [4.69, 9.17) is 0 Å². The zero-order valence-electron chi connectivity index (χ0n) is 11.7. The molecule has 1 spiro atoms. The first-order valence-corrected chi connectivity index (χ1v) is 7.31. The van der Waals surface area contributed by atoms with Crippen molar-refractivity contribution < 1.29 is 0 Å². The van der Waals surface area contributed by atoms with E-state index in [2.05, 4.69) is 62.4 Å². The first kappa shape index (κ1) is 11.3. The van der Waals surface area contributed by atoms with E-state index in [0.717, 1.165) is 0 Å². The lowest BCUT2D eigenvalue weighted by Crippen LogP contribution is -2.12. The molecule has 2 aromatic carbocycles. The van der Waals surface area contributed by atoms with Gasteiger partial charge in [-0.1, -0.05) is 59.7 Å². The van der Waals surface area contributed by atoms with E-state index >= 15 is 0 Å². The summed E-state index contributed by atoms with van der Waals surface area (Å²) in [5, 5.41) is 0. The predicted octanol–water partition coefficient (Wildman–Crippen LogP) is 4.77. The van der Waals surface area contributed by atoms with Gasteiger partial charge in [-0.15, -0.1) is 0 Å². The largest absolute Gasteiger partial charge is 0.0590 e. The van der Waals surface area contributed by atoms with Crippen molar-refractivity contribution in [2.45, 2.75) is 38.5 Å². The summed E-state index contributed by atoms with van der Waals surface area (Å²) in [5.74, 6) is 0. The summed E-state index contributed by atoms with van der Waals surface area (Å²) < 4.78 is 0. The monoisotopic (exact) mass is 248 g/mol. The van der Waals surface area contributed by atoms with Crippen LogP contribution < -0.4 is 0 Å². The van der Waals surface area contributed by atoms with Gasteiger partial charge in [-0.25, -0.2) is 0 Å². The van der Waals surface area contributed by atoms with Gasteiger partial charge in [-0.2, -0.15) is 0 Å². The Balaban J connectivity index is 1.84. The summed E-state index contributed by atoms with van der Waals surface area (Å²) in [6, 6.07) is 18.5. The minimum atomic E-state index is 0.328. The maximum atomic E-state index is 2.35. The molecule has 0 nitrogen and oxygen atoms in total. The number of benzene rings is 2. The minimum Gasteiger partial charge on any atom is -0.0590 e. The van der Waals surface area contributed by atoms with E-state index in [9.17, 15) is 0 Å². The fourth-order valence-electron chi connectivity index (χ4n) is 3.88. The lowest BCUT2D eigenvalue weighted by atomic mass is 9.84. The maximum absolute atomic E-state index is 2.35. The van der Waals surface area contributed by atoms with Gasteiger partial charge in [-0.05, 0) is 49.7 Å². The highest BCUT2D eigenvalue weighted by Gasteiger charge is 2.74. The predicted molar refractivity (Wildman–Crippen MR) is 79.4 cm³/mol. The van der Waals surface area contributed by atoms with Crippen molar-refractivity contribution in [3.8, 4) is 0 Å². The number of hydrogen-bond acceptors (Lipinski definition) is 0. The van der Waals surface area contributed by atoms with Crippen LogP contribution in [0.1, 0.15) is 41.5 Å². The number of rotatable bonds is 2. The summed E-state index contributed by atoms with van der Waals surface area (Å²) in [6.07, 6.45) is 4.18. The number of aryl methyl sites for hydroxylation is 2. The highest BCUT2D eigenvalue weighted by atomic mass is 14.8. The molecule has 0 atom stereocenters. The van der Waals surface area contributed by atoms with Gasteiger partial charge in [0, 0.05) is 5.41 Å². The third-order valence-corrected chi connectivity index (χ3v) is 5.33. The Morgan fingerprint density at radius 1 is 0.684 bits per heavy atom. The molecule has 2 fully saturated rings. The topological polar surface area (TPSA) is 0 Å². The fraction of sp³-hybridized carbons (Fsp3) is 0.368. The normalized spacial score (nSPS) is 21.4. The van der Waals surface area contributed by atoms with Gasteiger partial charge in [0.1, 0.15) is 0 Å². The van der Waals surface area contributed by atoms with Crippen molar-refractivity contribution >= 4 is 0 Å². The molecule has 0 heteroatoms. The molecule has 2 aromatic rings. The molecule has 0 N–H and O–H groups in total. The van der Waals surface area contributed by atoms with Crippen LogP contribution in [0.3, 0.4) is 0 Å². The number of hydrogen-bond donors (Lipinski definition) is 0. The molecule has 0 radical (unpaired) electrons. The van der Waals surface area contributed by atoms with E-state index in [-0.39, 0.29) is 0 Å². The average Bonchev–Trinajstić information content (AvgIpc) is 3.31. The molecule has 96 valence electrons. The van der Waals surface area contributed by atoms with Gasteiger partial charge in [0.2, 0.25) is 0 Å². The molecule has 0 heterocycles. The van der Waals surface area contributed by atoms with Crippen LogP contribution in [0.4, 0.5) is 0 Å². The SMILES string of the molecule is Cc1ccc(C2(c3ccc(C)cc3)CC23CC3)cc1. The van der Waals surface area contributed by atoms with Crippen molar-refractivity contribution in [3.63, 3.8) is 0 Å². The second-order valence-corrected chi connectivity index (χ2v) is 6.59. The first-order chi connectivity index (χ1) is 9.16. The summed E-state index contributed by atoms with van der Waals surface area (Å²) >= 11 is 0. The molecule has 2 aliphatic rings. The average molecular weight is 248 g/mol. The van der Waals surface area contributed by atoms with Crippen LogP contribution in [0.15, 0.2) is 48.5 Å². The second kappa shape index (κ2) is 3.50. The molecular formula is C19H20. The quantitative estimate of drug-likeness (QED) is 0.718. The van der Waals surface area contributed by atoms with E-state index < -0.39 is 0 Å². The zero-order valence-corrected chi connectivity index (χ0v) is 11.7. The molecule has 0 amide bonds. The van der Waals surface area contributed by atoms with Gasteiger partial charge in [-0.3, -0.25) is 0 Å². The van der Waals surface area contributed by atoms with Crippen LogP contribution >= 0.6 is 0 Å². The van der Waals surface area contributed by atoms with Gasteiger partial charge in [0.25, 0.3) is 0 Å². The van der Waals surface area contributed by atoms with Crippen molar-refractivity contribution in [2.75, 3.05) is 0 Å². The third-order valence-electron chi connectivity index (χ3n) is 5.33. The molecule has 19 heavy (non-hydrogen) atoms. The van der Waals surface area contributed by atoms with E-state index in [1.54, 1.807) is 0 Å². The lowest BCUT2D eigenvalue weighted by Gasteiger charge is -2.19. The Bertz CT molecular complexity index is 567. The van der Waals surface area contributed by atoms with Crippen LogP contribution in [-0.2, 0) is 5.41 Å². The van der Waals surface area contributed by atoms with E-state index in [1.807, 2.05) is 0 Å². The molecular weight excluding hydrogens is 228 g/mol. The van der Waals surface area contributed by atoms with Crippen LogP contribution in [-0.4, -0.2) is 0 Å². The van der Waals surface area contributed by atoms with Crippen LogP contribution in [0.5, 0.6) is 0 Å². The van der Waals surface area contributed by atoms with Crippen molar-refractivity contribution in [1.82, 2.24) is 0 Å². The van der Waals surface area contributed by atoms with E-state index in [1.165, 1.54) is 41.5 Å². The summed E-state index contributed by atoms with van der Waals surface area (Å²) in [5.41, 5.74) is 6.70. The molecule has 2 aliphatic carbocycles. The molecule has 2 saturated carbocycles. The fourth-order valence-corrected chi connectivity index (χ4v) is 3.88. The highest BCUT2D eigenvalue weighted by molar-refractivity contribution is 5.54. The van der Waals surface area contributed by atoms with Crippen LogP contribution in [0.25, 0.3) is 0 Å². The van der Waals surface area contributed by atoms with Crippen molar-refractivity contribution in [1.29, 1.82) is 0 Å². The third kappa shape index (κ3) is 1.46. The highest BCUT2D eigenvalue weighted by Crippen LogP contribution is 2.80. The summed E-state index contributed by atoms with van der Waals surface area (Å²) in [6.45, 7) is 4.34. The molecule has 0 aliphatic heterocycles. The van der Waals surface area contributed by atoms with Crippen molar-refractivity contribution in [3.05, 3.63) is 70.8 Å². The lowest BCUT2D eigenvalue weighted by molar-refractivity contribution is 0.701. The Hall–Kier alpha value is -1.56. The summed E-state index contributed by atoms with van der Waals surface area (Å²) in [4.78, 5) is 0. The molecule has 4 rings (SSSR count). The molecule has 0 bridgehead atoms. The Morgan fingerprint density at radius 3 is 1.42 bits per heavy atom. The van der Waals surface area contributed by atoms with Crippen molar-refractivity contribution in [2.24, 2.45) is 5.41 Å². The second-order valence-electron chi connectivity index (χ2n) is 6.59.